The van der Waals surface area contributed by atoms with Crippen molar-refractivity contribution in [1.29, 1.82) is 0 Å². The molecule has 15 heavy (non-hydrogen) atoms. The number of methoxy groups -OCH3 is 1. The molecule has 2 atom stereocenters. The molecule has 1 rings (SSSR count). The number of hydrogen-bond donors (Lipinski definition) is 1. The molecule has 0 aliphatic rings. The molecular weight excluding hydrogens is 190 g/mol. The molecule has 1 aromatic heterocycles. The zero-order valence-electron chi connectivity index (χ0n) is 9.82. The van der Waals surface area contributed by atoms with Crippen LogP contribution in [0.5, 0.6) is 0 Å². The van der Waals surface area contributed by atoms with Gasteiger partial charge in [-0.1, -0.05) is 13.8 Å². The molecule has 0 radical (unpaired) electrons. The predicted molar refractivity (Wildman–Crippen MR) is 60.8 cm³/mol. The largest absolute Gasteiger partial charge is 0.468 e. The fourth-order valence-electron chi connectivity index (χ4n) is 1.72. The highest BCUT2D eigenvalue weighted by Crippen LogP contribution is 2.21. The zero-order chi connectivity index (χ0) is 11.1. The van der Waals surface area contributed by atoms with Gasteiger partial charge >= 0.3 is 0 Å². The van der Waals surface area contributed by atoms with Crippen molar-refractivity contribution in [2.24, 2.45) is 0 Å². The summed E-state index contributed by atoms with van der Waals surface area (Å²) >= 11 is 0. The van der Waals surface area contributed by atoms with E-state index in [-0.39, 0.29) is 12.1 Å². The van der Waals surface area contributed by atoms with Gasteiger partial charge in [0.25, 0.3) is 0 Å². The van der Waals surface area contributed by atoms with Crippen LogP contribution in [0.3, 0.4) is 0 Å². The summed E-state index contributed by atoms with van der Waals surface area (Å²) < 4.78 is 10.9. The minimum absolute atomic E-state index is 0.162. The maximum Gasteiger partial charge on any atom is 0.123 e. The first-order chi connectivity index (χ1) is 7.33. The smallest absolute Gasteiger partial charge is 0.123 e. The van der Waals surface area contributed by atoms with Gasteiger partial charge in [-0.25, -0.2) is 0 Å². The van der Waals surface area contributed by atoms with E-state index >= 15 is 0 Å². The number of hydrogen-bond acceptors (Lipinski definition) is 3. The summed E-state index contributed by atoms with van der Waals surface area (Å²) in [6.07, 6.45) is 3.96. The Balaban J connectivity index is 2.68. The Morgan fingerprint density at radius 2 is 2.27 bits per heavy atom. The molecule has 3 nitrogen and oxygen atoms in total. The lowest BCUT2D eigenvalue weighted by Gasteiger charge is -2.24. The van der Waals surface area contributed by atoms with Crippen molar-refractivity contribution in [2.45, 2.75) is 38.8 Å². The van der Waals surface area contributed by atoms with Crippen LogP contribution in [0.15, 0.2) is 22.8 Å². The quantitative estimate of drug-likeness (QED) is 0.753. The first-order valence-electron chi connectivity index (χ1n) is 5.63. The summed E-state index contributed by atoms with van der Waals surface area (Å²) in [5.41, 5.74) is 0. The maximum absolute atomic E-state index is 5.46. The molecule has 2 unspecified atom stereocenters. The van der Waals surface area contributed by atoms with Crippen molar-refractivity contribution in [3.8, 4) is 0 Å². The summed E-state index contributed by atoms with van der Waals surface area (Å²) in [7, 11) is 1.75. The van der Waals surface area contributed by atoms with Gasteiger partial charge in [0.1, 0.15) is 5.76 Å². The van der Waals surface area contributed by atoms with Crippen LogP contribution in [0, 0.1) is 0 Å². The van der Waals surface area contributed by atoms with Crippen molar-refractivity contribution in [2.75, 3.05) is 13.7 Å². The molecule has 86 valence electrons. The molecule has 0 aliphatic heterocycles. The highest BCUT2D eigenvalue weighted by Gasteiger charge is 2.22. The minimum Gasteiger partial charge on any atom is -0.468 e. The number of ether oxygens (including phenoxy) is 1. The van der Waals surface area contributed by atoms with Crippen LogP contribution in [0.2, 0.25) is 0 Å². The average Bonchev–Trinajstić information content (AvgIpc) is 2.77. The van der Waals surface area contributed by atoms with E-state index in [0.717, 1.165) is 25.1 Å². The van der Waals surface area contributed by atoms with Crippen LogP contribution in [-0.4, -0.2) is 19.8 Å². The van der Waals surface area contributed by atoms with Crippen LogP contribution in [0.4, 0.5) is 0 Å². The minimum atomic E-state index is 0.162. The van der Waals surface area contributed by atoms with Crippen molar-refractivity contribution in [3.63, 3.8) is 0 Å². The molecule has 0 bridgehead atoms. The SMILES string of the molecule is CCCNC(c1ccco1)C(CC)OC. The Hall–Kier alpha value is -0.800. The molecule has 0 saturated heterocycles. The molecule has 0 fully saturated rings. The third-order valence-electron chi connectivity index (χ3n) is 2.54. The maximum atomic E-state index is 5.46. The fraction of sp³-hybridized carbons (Fsp3) is 0.667. The summed E-state index contributed by atoms with van der Waals surface area (Å²) in [5, 5.41) is 3.46. The van der Waals surface area contributed by atoms with Crippen LogP contribution in [-0.2, 0) is 4.74 Å². The lowest BCUT2D eigenvalue weighted by Crippen LogP contribution is -2.33. The van der Waals surface area contributed by atoms with Crippen molar-refractivity contribution in [3.05, 3.63) is 24.2 Å². The number of rotatable bonds is 7. The van der Waals surface area contributed by atoms with Crippen molar-refractivity contribution in [1.82, 2.24) is 5.32 Å². The topological polar surface area (TPSA) is 34.4 Å². The number of nitrogens with one attached hydrogen (secondary N) is 1. The first kappa shape index (κ1) is 12.3. The summed E-state index contributed by atoms with van der Waals surface area (Å²) in [4.78, 5) is 0. The molecule has 0 saturated carbocycles. The van der Waals surface area contributed by atoms with Gasteiger partial charge < -0.3 is 14.5 Å². The van der Waals surface area contributed by atoms with Gasteiger partial charge in [-0.15, -0.1) is 0 Å². The lowest BCUT2D eigenvalue weighted by molar-refractivity contribution is 0.0580. The van der Waals surface area contributed by atoms with E-state index in [4.69, 9.17) is 9.15 Å². The summed E-state index contributed by atoms with van der Waals surface area (Å²) in [6.45, 7) is 5.25. The third kappa shape index (κ3) is 3.36. The Kier molecular flexibility index (Phi) is 5.43. The lowest BCUT2D eigenvalue weighted by atomic mass is 10.1. The molecule has 0 aromatic carbocycles. The zero-order valence-corrected chi connectivity index (χ0v) is 9.82. The van der Waals surface area contributed by atoms with Gasteiger partial charge in [0.15, 0.2) is 0 Å². The number of furan rings is 1. The Bertz CT molecular complexity index is 242. The normalized spacial score (nSPS) is 15.1. The van der Waals surface area contributed by atoms with Crippen molar-refractivity contribution < 1.29 is 9.15 Å². The second-order valence-corrected chi connectivity index (χ2v) is 3.63. The van der Waals surface area contributed by atoms with Crippen LogP contribution in [0.1, 0.15) is 38.5 Å². The highest BCUT2D eigenvalue weighted by atomic mass is 16.5. The van der Waals surface area contributed by atoms with E-state index in [1.807, 2.05) is 12.1 Å². The first-order valence-corrected chi connectivity index (χ1v) is 5.63. The van der Waals surface area contributed by atoms with Gasteiger partial charge in [0, 0.05) is 7.11 Å². The fourth-order valence-corrected chi connectivity index (χ4v) is 1.72. The standard InChI is InChI=1S/C12H21NO2/c1-4-8-13-12(10(5-2)14-3)11-7-6-9-15-11/h6-7,9-10,12-13H,4-5,8H2,1-3H3. The molecule has 1 N–H and O–H groups in total. The van der Waals surface area contributed by atoms with E-state index in [9.17, 15) is 0 Å². The molecule has 3 heteroatoms. The summed E-state index contributed by atoms with van der Waals surface area (Å²) in [5.74, 6) is 0.956. The van der Waals surface area contributed by atoms with Gasteiger partial charge in [-0.3, -0.25) is 0 Å². The van der Waals surface area contributed by atoms with Crippen LogP contribution < -0.4 is 5.32 Å². The Morgan fingerprint density at radius 3 is 2.73 bits per heavy atom. The van der Waals surface area contributed by atoms with Crippen LogP contribution >= 0.6 is 0 Å². The molecule has 0 spiro atoms. The van der Waals surface area contributed by atoms with E-state index < -0.39 is 0 Å². The van der Waals surface area contributed by atoms with Gasteiger partial charge in [0.2, 0.25) is 0 Å². The molecule has 1 aromatic rings. The van der Waals surface area contributed by atoms with Gasteiger partial charge in [-0.2, -0.15) is 0 Å². The molecule has 0 amide bonds. The van der Waals surface area contributed by atoms with Gasteiger partial charge in [-0.05, 0) is 31.5 Å². The molecule has 0 aliphatic carbocycles. The van der Waals surface area contributed by atoms with Crippen molar-refractivity contribution >= 4 is 0 Å². The predicted octanol–water partition coefficient (Wildman–Crippen LogP) is 2.75. The van der Waals surface area contributed by atoms with E-state index in [0.29, 0.717) is 0 Å². The molecular formula is C12H21NO2. The van der Waals surface area contributed by atoms with Gasteiger partial charge in [0.05, 0.1) is 18.4 Å². The Morgan fingerprint density at radius 1 is 1.47 bits per heavy atom. The van der Waals surface area contributed by atoms with Crippen LogP contribution in [0.25, 0.3) is 0 Å². The van der Waals surface area contributed by atoms with E-state index in [1.54, 1.807) is 13.4 Å². The molecule has 1 heterocycles. The average molecular weight is 211 g/mol. The van der Waals surface area contributed by atoms with E-state index in [2.05, 4.69) is 19.2 Å². The Labute approximate surface area is 91.8 Å². The summed E-state index contributed by atoms with van der Waals surface area (Å²) in [6, 6.07) is 4.07. The second kappa shape index (κ2) is 6.64. The highest BCUT2D eigenvalue weighted by molar-refractivity contribution is 5.06. The van der Waals surface area contributed by atoms with E-state index in [1.165, 1.54) is 0 Å². The third-order valence-corrected chi connectivity index (χ3v) is 2.54. The monoisotopic (exact) mass is 211 g/mol. The second-order valence-electron chi connectivity index (χ2n) is 3.63.